The van der Waals surface area contributed by atoms with E-state index < -0.39 is 5.97 Å². The minimum Gasteiger partial charge on any atom is -0.327 e. The van der Waals surface area contributed by atoms with Gasteiger partial charge in [-0.15, -0.1) is 0 Å². The molecule has 0 N–H and O–H groups in total. The van der Waals surface area contributed by atoms with E-state index in [1.165, 1.54) is 81.5 Å². The molecule has 3 saturated heterocycles. The highest BCUT2D eigenvalue weighted by Crippen LogP contribution is 2.40. The molecule has 0 amide bonds. The van der Waals surface area contributed by atoms with Gasteiger partial charge in [0.05, 0.1) is 19.8 Å². The van der Waals surface area contributed by atoms with Crippen LogP contribution in [-0.2, 0) is 14.2 Å². The average Bonchev–Trinajstić information content (AvgIpc) is 2.63. The number of ether oxygens (including phenoxy) is 3. The fraction of sp³-hybridized carbons (Fsp3) is 1.00. The maximum Gasteiger partial charge on any atom is 0.282 e. The van der Waals surface area contributed by atoms with Crippen LogP contribution in [0.1, 0.15) is 96.8 Å². The van der Waals surface area contributed by atoms with Crippen LogP contribution in [0.2, 0.25) is 0 Å². The Morgan fingerprint density at radius 1 is 0.600 bits per heavy atom. The summed E-state index contributed by atoms with van der Waals surface area (Å²) in [7, 11) is 0. The molecule has 0 unspecified atom stereocenters. The molecule has 0 aromatic rings. The van der Waals surface area contributed by atoms with E-state index >= 15 is 0 Å². The Morgan fingerprint density at radius 3 is 1.36 bits per heavy atom. The fourth-order valence-corrected chi connectivity index (χ4v) is 4.24. The molecule has 3 aliphatic rings. The molecule has 3 aliphatic heterocycles. The van der Waals surface area contributed by atoms with Crippen molar-refractivity contribution in [3.8, 4) is 0 Å². The molecule has 2 bridgehead atoms. The lowest BCUT2D eigenvalue weighted by atomic mass is 9.91. The van der Waals surface area contributed by atoms with Gasteiger partial charge >= 0.3 is 0 Å². The van der Waals surface area contributed by atoms with Gasteiger partial charge in [0.2, 0.25) is 0 Å². The van der Waals surface area contributed by atoms with Crippen LogP contribution >= 0.6 is 22.6 Å². The number of hydrogen-bond donors (Lipinski definition) is 0. The Hall–Kier alpha value is 0.610. The Labute approximate surface area is 169 Å². The highest BCUT2D eigenvalue weighted by atomic mass is 127. The summed E-state index contributed by atoms with van der Waals surface area (Å²) in [6, 6.07) is 0. The maximum atomic E-state index is 5.84. The predicted octanol–water partition coefficient (Wildman–Crippen LogP) is 6.62. The first-order valence-electron chi connectivity index (χ1n) is 10.7. The highest BCUT2D eigenvalue weighted by molar-refractivity contribution is 14.1. The molecule has 3 nitrogen and oxygen atoms in total. The standard InChI is InChI=1S/C21H39IO3/c1-20-17-23-21(24-18-20,25-19-20)15-13-11-9-7-5-3-2-4-6-8-10-12-14-16-22/h2-19H2,1H3. The van der Waals surface area contributed by atoms with E-state index in [4.69, 9.17) is 14.2 Å². The van der Waals surface area contributed by atoms with E-state index in [-0.39, 0.29) is 5.41 Å². The summed E-state index contributed by atoms with van der Waals surface area (Å²) in [5.74, 6) is -0.700. The van der Waals surface area contributed by atoms with Gasteiger partial charge in [-0.2, -0.15) is 0 Å². The van der Waals surface area contributed by atoms with Crippen LogP contribution in [0.25, 0.3) is 0 Å². The Bertz CT molecular complexity index is 324. The number of hydrogen-bond acceptors (Lipinski definition) is 3. The third-order valence-electron chi connectivity index (χ3n) is 5.54. The van der Waals surface area contributed by atoms with E-state index in [2.05, 4.69) is 29.5 Å². The van der Waals surface area contributed by atoms with Crippen molar-refractivity contribution < 1.29 is 14.2 Å². The Balaban J connectivity index is 1.33. The zero-order chi connectivity index (χ0) is 17.8. The molecule has 4 heteroatoms. The molecular formula is C21H39IO3. The molecule has 0 aliphatic carbocycles. The number of alkyl halides is 1. The zero-order valence-corrected chi connectivity index (χ0v) is 18.5. The van der Waals surface area contributed by atoms with E-state index in [0.29, 0.717) is 0 Å². The van der Waals surface area contributed by atoms with Crippen LogP contribution in [0.5, 0.6) is 0 Å². The second-order valence-electron chi connectivity index (χ2n) is 8.39. The van der Waals surface area contributed by atoms with Gasteiger partial charge in [0, 0.05) is 11.8 Å². The molecule has 0 aromatic carbocycles. The van der Waals surface area contributed by atoms with Gasteiger partial charge in [0.15, 0.2) is 0 Å². The molecule has 3 rings (SSSR count). The van der Waals surface area contributed by atoms with Gasteiger partial charge in [-0.05, 0) is 17.3 Å². The molecular weight excluding hydrogens is 427 g/mol. The summed E-state index contributed by atoms with van der Waals surface area (Å²) in [4.78, 5) is 0. The van der Waals surface area contributed by atoms with Crippen LogP contribution < -0.4 is 0 Å². The maximum absolute atomic E-state index is 5.84. The van der Waals surface area contributed by atoms with Gasteiger partial charge in [0.1, 0.15) is 0 Å². The first-order chi connectivity index (χ1) is 12.2. The van der Waals surface area contributed by atoms with E-state index in [1.807, 2.05) is 0 Å². The topological polar surface area (TPSA) is 27.7 Å². The van der Waals surface area contributed by atoms with Crippen molar-refractivity contribution in [1.29, 1.82) is 0 Å². The van der Waals surface area contributed by atoms with Crippen molar-refractivity contribution in [3.05, 3.63) is 0 Å². The zero-order valence-electron chi connectivity index (χ0n) is 16.3. The minimum atomic E-state index is -0.700. The minimum absolute atomic E-state index is 0.0803. The third-order valence-corrected chi connectivity index (χ3v) is 6.30. The van der Waals surface area contributed by atoms with Crippen molar-refractivity contribution in [2.24, 2.45) is 5.41 Å². The van der Waals surface area contributed by atoms with Crippen molar-refractivity contribution in [2.75, 3.05) is 24.2 Å². The van der Waals surface area contributed by atoms with Crippen molar-refractivity contribution in [3.63, 3.8) is 0 Å². The van der Waals surface area contributed by atoms with Gasteiger partial charge in [-0.25, -0.2) is 0 Å². The summed E-state index contributed by atoms with van der Waals surface area (Å²) in [5, 5.41) is 0. The summed E-state index contributed by atoms with van der Waals surface area (Å²) in [5.41, 5.74) is 0.0803. The quantitative estimate of drug-likeness (QED) is 0.154. The molecule has 0 saturated carbocycles. The number of rotatable bonds is 15. The molecule has 25 heavy (non-hydrogen) atoms. The lowest BCUT2D eigenvalue weighted by molar-refractivity contribution is -0.467. The molecule has 148 valence electrons. The highest BCUT2D eigenvalue weighted by Gasteiger charge is 2.49. The number of fused-ring (bicyclic) bond motifs is 3. The first-order valence-corrected chi connectivity index (χ1v) is 12.2. The van der Waals surface area contributed by atoms with Crippen LogP contribution in [0, 0.1) is 5.41 Å². The second-order valence-corrected chi connectivity index (χ2v) is 9.47. The molecule has 0 aromatic heterocycles. The van der Waals surface area contributed by atoms with Crippen LogP contribution in [0.4, 0.5) is 0 Å². The van der Waals surface area contributed by atoms with Gasteiger partial charge in [-0.1, -0.05) is 100 Å². The number of halogens is 1. The first kappa shape index (κ1) is 21.9. The lowest BCUT2D eigenvalue weighted by Crippen LogP contribution is -2.58. The monoisotopic (exact) mass is 466 g/mol. The lowest BCUT2D eigenvalue weighted by Gasteiger charge is -2.50. The van der Waals surface area contributed by atoms with E-state index in [0.717, 1.165) is 32.7 Å². The summed E-state index contributed by atoms with van der Waals surface area (Å²) < 4.78 is 18.8. The Morgan fingerprint density at radius 2 is 0.960 bits per heavy atom. The molecule has 3 fully saturated rings. The van der Waals surface area contributed by atoms with Gasteiger partial charge < -0.3 is 14.2 Å². The molecule has 0 radical (unpaired) electrons. The van der Waals surface area contributed by atoms with E-state index in [9.17, 15) is 0 Å². The van der Waals surface area contributed by atoms with Crippen LogP contribution in [0.3, 0.4) is 0 Å². The van der Waals surface area contributed by atoms with Crippen LogP contribution in [0.15, 0.2) is 0 Å². The molecule has 3 heterocycles. The fourth-order valence-electron chi connectivity index (χ4n) is 3.70. The summed E-state index contributed by atoms with van der Waals surface area (Å²) in [6.07, 6.45) is 18.9. The smallest absolute Gasteiger partial charge is 0.282 e. The van der Waals surface area contributed by atoms with Crippen LogP contribution in [-0.4, -0.2) is 30.2 Å². The van der Waals surface area contributed by atoms with Crippen molar-refractivity contribution >= 4 is 22.6 Å². The normalized spacial score (nSPS) is 28.6. The predicted molar refractivity (Wildman–Crippen MR) is 112 cm³/mol. The van der Waals surface area contributed by atoms with Crippen molar-refractivity contribution in [1.82, 2.24) is 0 Å². The number of unbranched alkanes of at least 4 members (excludes halogenated alkanes) is 12. The Kier molecular flexibility index (Phi) is 10.6. The van der Waals surface area contributed by atoms with Crippen molar-refractivity contribution in [2.45, 2.75) is 103 Å². The SMILES string of the molecule is CC12COC(CCCCCCCCCCCCCCCI)(OC1)OC2. The average molecular weight is 466 g/mol. The van der Waals surface area contributed by atoms with Gasteiger partial charge in [0.25, 0.3) is 5.97 Å². The summed E-state index contributed by atoms with van der Waals surface area (Å²) >= 11 is 2.48. The third kappa shape index (κ3) is 8.44. The van der Waals surface area contributed by atoms with Gasteiger partial charge in [-0.3, -0.25) is 0 Å². The largest absolute Gasteiger partial charge is 0.327 e. The van der Waals surface area contributed by atoms with E-state index in [1.54, 1.807) is 0 Å². The summed E-state index contributed by atoms with van der Waals surface area (Å²) in [6.45, 7) is 4.52. The molecule has 0 atom stereocenters. The molecule has 0 spiro atoms. The second kappa shape index (κ2) is 12.1.